The molecule has 0 bridgehead atoms. The Morgan fingerprint density at radius 1 is 1.29 bits per heavy atom. The maximum Gasteiger partial charge on any atom is 0.311 e. The van der Waals surface area contributed by atoms with Crippen LogP contribution in [-0.4, -0.2) is 10.8 Å². The Morgan fingerprint density at radius 2 is 2.00 bits per heavy atom. The molecule has 0 radical (unpaired) electrons. The van der Waals surface area contributed by atoms with Crippen LogP contribution in [-0.2, 0) is 0 Å². The van der Waals surface area contributed by atoms with Crippen LogP contribution in [0.4, 0.5) is 5.69 Å². The van der Waals surface area contributed by atoms with E-state index in [9.17, 15) is 10.1 Å². The van der Waals surface area contributed by atoms with Crippen molar-refractivity contribution in [2.45, 2.75) is 6.92 Å². The molecule has 3 N–H and O–H groups in total. The Kier molecular flexibility index (Phi) is 4.23. The number of benzene rings is 2. The highest BCUT2D eigenvalue weighted by atomic mass is 79.9. The highest BCUT2D eigenvalue weighted by Gasteiger charge is 2.18. The molecule has 6 nitrogen and oxygen atoms in total. The topological polar surface area (TPSA) is 102 Å². The second-order valence-electron chi connectivity index (χ2n) is 4.38. The predicted octanol–water partition coefficient (Wildman–Crippen LogP) is 3.74. The molecule has 7 heteroatoms. The average Bonchev–Trinajstić information content (AvgIpc) is 2.40. The molecule has 0 heterocycles. The van der Waals surface area contributed by atoms with Crippen LogP contribution in [0.15, 0.2) is 40.9 Å². The fraction of sp³-hybridized carbons (Fsp3) is 0.0714. The van der Waals surface area contributed by atoms with E-state index in [0.29, 0.717) is 5.56 Å². The van der Waals surface area contributed by atoms with Gasteiger partial charge in [-0.05, 0) is 36.8 Å². The van der Waals surface area contributed by atoms with E-state index < -0.39 is 4.92 Å². The van der Waals surface area contributed by atoms with Crippen LogP contribution in [0.5, 0.6) is 11.5 Å². The first-order chi connectivity index (χ1) is 9.88. The van der Waals surface area contributed by atoms with Gasteiger partial charge >= 0.3 is 5.69 Å². The first kappa shape index (κ1) is 15.0. The van der Waals surface area contributed by atoms with Crippen molar-refractivity contribution in [3.63, 3.8) is 0 Å². The van der Waals surface area contributed by atoms with Gasteiger partial charge in [0.15, 0.2) is 0 Å². The summed E-state index contributed by atoms with van der Waals surface area (Å²) in [7, 11) is 0. The van der Waals surface area contributed by atoms with Crippen LogP contribution in [0.25, 0.3) is 0 Å². The number of hydrogen-bond acceptors (Lipinski definition) is 4. The quantitative estimate of drug-likeness (QED) is 0.379. The third-order valence-electron chi connectivity index (χ3n) is 2.76. The van der Waals surface area contributed by atoms with E-state index >= 15 is 0 Å². The van der Waals surface area contributed by atoms with Crippen LogP contribution >= 0.6 is 15.9 Å². The maximum atomic E-state index is 11.1. The monoisotopic (exact) mass is 349 g/mol. The summed E-state index contributed by atoms with van der Waals surface area (Å²) >= 11 is 3.29. The van der Waals surface area contributed by atoms with Gasteiger partial charge in [0, 0.05) is 10.5 Å². The standard InChI is InChI=1S/C14H12BrN3O3/c1-8-2-5-12(11(6-8)18(19)20)21-13-7-9(15)3-4-10(13)14(16)17/h2-7H,1H3,(H3,16,17). The minimum atomic E-state index is -0.506. The molecule has 2 aromatic rings. The molecule has 0 aliphatic carbocycles. The lowest BCUT2D eigenvalue weighted by Gasteiger charge is -2.11. The van der Waals surface area contributed by atoms with E-state index in [4.69, 9.17) is 15.9 Å². The lowest BCUT2D eigenvalue weighted by molar-refractivity contribution is -0.385. The van der Waals surface area contributed by atoms with Gasteiger partial charge in [-0.2, -0.15) is 0 Å². The molecule has 0 aromatic heterocycles. The number of nitrogen functional groups attached to an aromatic ring is 1. The van der Waals surface area contributed by atoms with Crippen molar-refractivity contribution in [2.24, 2.45) is 5.73 Å². The van der Waals surface area contributed by atoms with E-state index in [1.54, 1.807) is 31.2 Å². The van der Waals surface area contributed by atoms with E-state index in [2.05, 4.69) is 15.9 Å². The number of nitrogens with zero attached hydrogens (tertiary/aromatic N) is 1. The first-order valence-corrected chi connectivity index (χ1v) is 6.74. The van der Waals surface area contributed by atoms with Gasteiger partial charge in [-0.25, -0.2) is 0 Å². The molecule has 0 fully saturated rings. The van der Waals surface area contributed by atoms with E-state index in [1.807, 2.05) is 0 Å². The molecule has 2 rings (SSSR count). The third kappa shape index (κ3) is 3.38. The molecule has 0 amide bonds. The van der Waals surface area contributed by atoms with Crippen LogP contribution in [0.3, 0.4) is 0 Å². The Balaban J connectivity index is 2.50. The minimum absolute atomic E-state index is 0.103. The summed E-state index contributed by atoms with van der Waals surface area (Å²) in [6.45, 7) is 1.76. The highest BCUT2D eigenvalue weighted by Crippen LogP contribution is 2.34. The summed E-state index contributed by atoms with van der Waals surface area (Å²) in [6, 6.07) is 9.61. The molecule has 21 heavy (non-hydrogen) atoms. The zero-order valence-corrected chi connectivity index (χ0v) is 12.7. The van der Waals surface area contributed by atoms with Crippen molar-refractivity contribution < 1.29 is 9.66 Å². The molecule has 0 aliphatic rings. The van der Waals surface area contributed by atoms with Crippen molar-refractivity contribution in [1.82, 2.24) is 0 Å². The number of halogens is 1. The van der Waals surface area contributed by atoms with Gasteiger partial charge in [0.2, 0.25) is 5.75 Å². The summed E-state index contributed by atoms with van der Waals surface area (Å²) in [5.41, 5.74) is 6.49. The predicted molar refractivity (Wildman–Crippen MR) is 83.1 cm³/mol. The molecule has 0 saturated heterocycles. The van der Waals surface area contributed by atoms with Gasteiger partial charge in [0.1, 0.15) is 11.6 Å². The summed E-state index contributed by atoms with van der Waals surface area (Å²) in [5.74, 6) is 0.210. The Labute approximate surface area is 129 Å². The molecule has 108 valence electrons. The lowest BCUT2D eigenvalue weighted by atomic mass is 10.1. The molecule has 2 aromatic carbocycles. The molecule has 0 unspecified atom stereocenters. The van der Waals surface area contributed by atoms with E-state index in [1.165, 1.54) is 12.1 Å². The summed E-state index contributed by atoms with van der Waals surface area (Å²) in [4.78, 5) is 10.6. The number of nitrogens with one attached hydrogen (secondary N) is 1. The molecule has 0 aliphatic heterocycles. The molecule has 0 atom stereocenters. The summed E-state index contributed by atoms with van der Waals surface area (Å²) in [6.07, 6.45) is 0. The molecular formula is C14H12BrN3O3. The van der Waals surface area contributed by atoms with E-state index in [-0.39, 0.29) is 23.0 Å². The first-order valence-electron chi connectivity index (χ1n) is 5.95. The van der Waals surface area contributed by atoms with Crippen molar-refractivity contribution in [1.29, 1.82) is 5.41 Å². The highest BCUT2D eigenvalue weighted by molar-refractivity contribution is 9.10. The Bertz CT molecular complexity index is 731. The van der Waals surface area contributed by atoms with Crippen molar-refractivity contribution in [2.75, 3.05) is 0 Å². The van der Waals surface area contributed by atoms with Gasteiger partial charge in [-0.15, -0.1) is 0 Å². The van der Waals surface area contributed by atoms with Crippen molar-refractivity contribution in [3.8, 4) is 11.5 Å². The average molecular weight is 350 g/mol. The fourth-order valence-corrected chi connectivity index (χ4v) is 2.12. The number of aryl methyl sites for hydroxylation is 1. The van der Waals surface area contributed by atoms with Crippen molar-refractivity contribution in [3.05, 3.63) is 62.1 Å². The van der Waals surface area contributed by atoms with Crippen LogP contribution in [0.2, 0.25) is 0 Å². The lowest BCUT2D eigenvalue weighted by Crippen LogP contribution is -2.12. The second-order valence-corrected chi connectivity index (χ2v) is 5.30. The van der Waals surface area contributed by atoms with Crippen molar-refractivity contribution >= 4 is 27.5 Å². The molecule has 0 saturated carbocycles. The number of nitro groups is 1. The largest absolute Gasteiger partial charge is 0.449 e. The van der Waals surface area contributed by atoms with Gasteiger partial charge in [0.05, 0.1) is 10.5 Å². The summed E-state index contributed by atoms with van der Waals surface area (Å²) in [5, 5.41) is 18.6. The van der Waals surface area contributed by atoms with Gasteiger partial charge in [-0.3, -0.25) is 15.5 Å². The third-order valence-corrected chi connectivity index (χ3v) is 3.26. The smallest absolute Gasteiger partial charge is 0.311 e. The number of hydrogen-bond donors (Lipinski definition) is 2. The normalized spacial score (nSPS) is 10.2. The van der Waals surface area contributed by atoms with Crippen LogP contribution in [0, 0.1) is 22.4 Å². The summed E-state index contributed by atoms with van der Waals surface area (Å²) < 4.78 is 6.33. The van der Waals surface area contributed by atoms with Gasteiger partial charge in [0.25, 0.3) is 0 Å². The van der Waals surface area contributed by atoms with Crippen LogP contribution in [0.1, 0.15) is 11.1 Å². The van der Waals surface area contributed by atoms with Gasteiger partial charge < -0.3 is 10.5 Å². The van der Waals surface area contributed by atoms with Crippen LogP contribution < -0.4 is 10.5 Å². The maximum absolute atomic E-state index is 11.1. The minimum Gasteiger partial charge on any atom is -0.449 e. The number of nitrogens with two attached hydrogens (primary N) is 1. The number of nitro benzene ring substituents is 1. The van der Waals surface area contributed by atoms with Gasteiger partial charge in [-0.1, -0.05) is 22.0 Å². The second kappa shape index (κ2) is 5.92. The fourth-order valence-electron chi connectivity index (χ4n) is 1.78. The number of ether oxygens (including phenoxy) is 1. The number of rotatable bonds is 4. The van der Waals surface area contributed by atoms with E-state index in [0.717, 1.165) is 10.0 Å². The Hall–Kier alpha value is -2.41. The Morgan fingerprint density at radius 3 is 2.62 bits per heavy atom. The molecule has 0 spiro atoms. The molecular weight excluding hydrogens is 338 g/mol. The zero-order chi connectivity index (χ0) is 15.6. The SMILES string of the molecule is Cc1ccc(Oc2cc(Br)ccc2C(=N)N)c([N+](=O)[O-])c1. The number of amidine groups is 1. The zero-order valence-electron chi connectivity index (χ0n) is 11.1.